The van der Waals surface area contributed by atoms with Crippen molar-refractivity contribution in [2.75, 3.05) is 6.61 Å². The largest absolute Gasteiger partial charge is 0.462 e. The van der Waals surface area contributed by atoms with Crippen molar-refractivity contribution in [3.8, 4) is 0 Å². The molecule has 0 spiro atoms. The van der Waals surface area contributed by atoms with E-state index < -0.39 is 18.2 Å². The van der Waals surface area contributed by atoms with Crippen LogP contribution in [0.25, 0.3) is 0 Å². The zero-order valence-corrected chi connectivity index (χ0v) is 37.8. The van der Waals surface area contributed by atoms with Crippen molar-refractivity contribution in [1.82, 2.24) is 5.32 Å². The van der Waals surface area contributed by atoms with Gasteiger partial charge in [0.1, 0.15) is 6.10 Å². The van der Waals surface area contributed by atoms with Gasteiger partial charge in [-0.15, -0.1) is 0 Å². The van der Waals surface area contributed by atoms with Gasteiger partial charge in [-0.25, -0.2) is 0 Å². The fourth-order valence-corrected chi connectivity index (χ4v) is 7.78. The molecule has 0 aliphatic heterocycles. The van der Waals surface area contributed by atoms with Gasteiger partial charge < -0.3 is 20.3 Å². The number of carbonyl (C=O) groups is 2. The Balaban J connectivity index is 4.55. The van der Waals surface area contributed by atoms with Crippen LogP contribution in [0.4, 0.5) is 0 Å². The van der Waals surface area contributed by atoms with Crippen molar-refractivity contribution in [2.45, 2.75) is 289 Å². The number of aliphatic hydroxyl groups is 2. The normalized spacial score (nSPS) is 13.3. The zero-order valence-electron chi connectivity index (χ0n) is 37.8. The first-order valence-electron chi connectivity index (χ1n) is 24.9. The Morgan fingerprint density at radius 3 is 1.29 bits per heavy atom. The summed E-state index contributed by atoms with van der Waals surface area (Å²) < 4.78 is 5.91. The number of aliphatic hydroxyl groups excluding tert-OH is 2. The summed E-state index contributed by atoms with van der Waals surface area (Å²) in [6, 6.07) is -0.696. The lowest BCUT2D eigenvalue weighted by Crippen LogP contribution is -2.46. The number of rotatable bonds is 45. The van der Waals surface area contributed by atoms with Crippen LogP contribution < -0.4 is 5.32 Å². The second-order valence-electron chi connectivity index (χ2n) is 17.2. The predicted octanol–water partition coefficient (Wildman–Crippen LogP) is 14.6. The van der Waals surface area contributed by atoms with E-state index in [1.165, 1.54) is 167 Å². The van der Waals surface area contributed by atoms with Gasteiger partial charge >= 0.3 is 5.97 Å². The van der Waals surface area contributed by atoms with Crippen LogP contribution in [-0.2, 0) is 14.3 Å². The number of hydrogen-bond acceptors (Lipinski definition) is 5. The molecule has 0 heterocycles. The summed E-state index contributed by atoms with van der Waals surface area (Å²) >= 11 is 0. The Kier molecular flexibility index (Phi) is 43.6. The minimum atomic E-state index is -0.783. The summed E-state index contributed by atoms with van der Waals surface area (Å²) in [7, 11) is 0. The summed E-state index contributed by atoms with van der Waals surface area (Å²) in [6.45, 7) is 6.47. The Bertz CT molecular complexity index is 847. The van der Waals surface area contributed by atoms with E-state index in [-0.39, 0.29) is 24.9 Å². The Morgan fingerprint density at radius 1 is 0.500 bits per heavy atom. The van der Waals surface area contributed by atoms with Gasteiger partial charge in [0.05, 0.1) is 25.2 Å². The van der Waals surface area contributed by atoms with Crippen LogP contribution >= 0.6 is 0 Å². The van der Waals surface area contributed by atoms with Gasteiger partial charge in [-0.05, 0) is 51.4 Å². The van der Waals surface area contributed by atoms with Crippen LogP contribution in [0.3, 0.4) is 0 Å². The first-order valence-corrected chi connectivity index (χ1v) is 24.9. The molecule has 6 heteroatoms. The predicted molar refractivity (Wildman–Crippen MR) is 241 cm³/mol. The fourth-order valence-electron chi connectivity index (χ4n) is 7.78. The van der Waals surface area contributed by atoms with E-state index >= 15 is 0 Å². The van der Waals surface area contributed by atoms with Gasteiger partial charge in [0.25, 0.3) is 0 Å². The molecular formula is C50H97NO5. The van der Waals surface area contributed by atoms with Crippen LogP contribution in [-0.4, -0.2) is 46.9 Å². The van der Waals surface area contributed by atoms with Gasteiger partial charge in [0.2, 0.25) is 5.91 Å². The standard InChI is InChI=1S/C50H97NO5/c1-4-7-10-13-16-19-22-24-27-29-32-35-38-41-46(56-50(55)43-40-37-34-31-26-21-18-15-12-9-6-3)44-49(54)51-47(45-52)48(53)42-39-36-33-30-28-25-23-20-17-14-11-8-5-2/h19,22,46-48,52-53H,4-18,20-21,23-45H2,1-3H3,(H,51,54)/b22-19-. The monoisotopic (exact) mass is 792 g/mol. The van der Waals surface area contributed by atoms with Gasteiger partial charge in [-0.1, -0.05) is 219 Å². The number of amides is 1. The highest BCUT2D eigenvalue weighted by Gasteiger charge is 2.24. The van der Waals surface area contributed by atoms with E-state index in [1.54, 1.807) is 0 Å². The minimum Gasteiger partial charge on any atom is -0.462 e. The number of esters is 1. The summed E-state index contributed by atoms with van der Waals surface area (Å²) in [5.74, 6) is -0.469. The van der Waals surface area contributed by atoms with Crippen LogP contribution in [0, 0.1) is 0 Å². The first-order chi connectivity index (χ1) is 27.5. The maximum atomic E-state index is 13.2. The third kappa shape index (κ3) is 39.4. The van der Waals surface area contributed by atoms with Crippen LogP contribution in [0.2, 0.25) is 0 Å². The average molecular weight is 792 g/mol. The molecule has 0 saturated heterocycles. The summed E-state index contributed by atoms with van der Waals surface area (Å²) in [5.41, 5.74) is 0. The van der Waals surface area contributed by atoms with E-state index in [0.29, 0.717) is 19.3 Å². The SMILES string of the molecule is CCCCCC/C=C\CCCCCCCC(CC(=O)NC(CO)C(O)CCCCCCCCCCCCCCC)OC(=O)CCCCCCCCCCCCC. The zero-order chi connectivity index (χ0) is 41.0. The molecule has 0 radical (unpaired) electrons. The van der Waals surface area contributed by atoms with Crippen LogP contribution in [0.15, 0.2) is 12.2 Å². The maximum Gasteiger partial charge on any atom is 0.306 e. The second kappa shape index (κ2) is 44.7. The fraction of sp³-hybridized carbons (Fsp3) is 0.920. The average Bonchev–Trinajstić information content (AvgIpc) is 3.19. The van der Waals surface area contributed by atoms with E-state index in [2.05, 4.69) is 38.2 Å². The first kappa shape index (κ1) is 54.6. The number of nitrogens with one attached hydrogen (secondary N) is 1. The highest BCUT2D eigenvalue weighted by Crippen LogP contribution is 2.18. The number of carbonyl (C=O) groups excluding carboxylic acids is 2. The molecule has 56 heavy (non-hydrogen) atoms. The second-order valence-corrected chi connectivity index (χ2v) is 17.2. The summed E-state index contributed by atoms with van der Waals surface area (Å²) in [6.07, 6.45) is 48.4. The lowest BCUT2D eigenvalue weighted by atomic mass is 10.0. The van der Waals surface area contributed by atoms with Gasteiger partial charge in [-0.2, -0.15) is 0 Å². The van der Waals surface area contributed by atoms with E-state index in [1.807, 2.05) is 0 Å². The molecule has 6 nitrogen and oxygen atoms in total. The molecule has 0 aromatic heterocycles. The van der Waals surface area contributed by atoms with Crippen molar-refractivity contribution >= 4 is 11.9 Å². The van der Waals surface area contributed by atoms with Gasteiger partial charge in [0.15, 0.2) is 0 Å². The molecule has 0 aromatic rings. The van der Waals surface area contributed by atoms with E-state index in [9.17, 15) is 19.8 Å². The number of hydrogen-bond donors (Lipinski definition) is 3. The number of allylic oxidation sites excluding steroid dienone is 2. The molecule has 0 aliphatic rings. The van der Waals surface area contributed by atoms with Gasteiger partial charge in [0, 0.05) is 6.42 Å². The molecule has 0 saturated carbocycles. The molecule has 0 fully saturated rings. The molecule has 332 valence electrons. The maximum absolute atomic E-state index is 13.2. The Labute approximate surface area is 349 Å². The molecule has 1 amide bonds. The molecule has 0 bridgehead atoms. The molecule has 0 aromatic carbocycles. The summed E-state index contributed by atoms with van der Waals surface area (Å²) in [5, 5.41) is 23.7. The van der Waals surface area contributed by atoms with Crippen LogP contribution in [0.1, 0.15) is 271 Å². The minimum absolute atomic E-state index is 0.0784. The Hall–Kier alpha value is -1.40. The van der Waals surface area contributed by atoms with Crippen molar-refractivity contribution in [2.24, 2.45) is 0 Å². The van der Waals surface area contributed by atoms with Gasteiger partial charge in [-0.3, -0.25) is 9.59 Å². The molecule has 3 atom stereocenters. The van der Waals surface area contributed by atoms with Crippen molar-refractivity contribution in [1.29, 1.82) is 0 Å². The molecule has 3 unspecified atom stereocenters. The molecule has 3 N–H and O–H groups in total. The number of unbranched alkanes of at least 4 members (excludes halogenated alkanes) is 31. The highest BCUT2D eigenvalue weighted by molar-refractivity contribution is 5.77. The Morgan fingerprint density at radius 2 is 0.857 bits per heavy atom. The smallest absolute Gasteiger partial charge is 0.306 e. The van der Waals surface area contributed by atoms with Crippen molar-refractivity contribution < 1.29 is 24.5 Å². The summed E-state index contributed by atoms with van der Waals surface area (Å²) in [4.78, 5) is 26.0. The lowest BCUT2D eigenvalue weighted by Gasteiger charge is -2.24. The van der Waals surface area contributed by atoms with Crippen LogP contribution in [0.5, 0.6) is 0 Å². The molecule has 0 rings (SSSR count). The third-order valence-corrected chi connectivity index (χ3v) is 11.6. The lowest BCUT2D eigenvalue weighted by molar-refractivity contribution is -0.151. The third-order valence-electron chi connectivity index (χ3n) is 11.6. The highest BCUT2D eigenvalue weighted by atomic mass is 16.5. The molecule has 0 aliphatic carbocycles. The molecular weight excluding hydrogens is 695 g/mol. The van der Waals surface area contributed by atoms with E-state index in [4.69, 9.17) is 4.74 Å². The quantitative estimate of drug-likeness (QED) is 0.0324. The number of ether oxygens (including phenoxy) is 1. The topological polar surface area (TPSA) is 95.9 Å². The van der Waals surface area contributed by atoms with Crippen molar-refractivity contribution in [3.63, 3.8) is 0 Å². The van der Waals surface area contributed by atoms with E-state index in [0.717, 1.165) is 57.8 Å². The van der Waals surface area contributed by atoms with Crippen molar-refractivity contribution in [3.05, 3.63) is 12.2 Å².